The lowest BCUT2D eigenvalue weighted by molar-refractivity contribution is -0.00887. The van der Waals surface area contributed by atoms with Gasteiger partial charge >= 0.3 is 0 Å². The summed E-state index contributed by atoms with van der Waals surface area (Å²) in [7, 11) is 0. The van der Waals surface area contributed by atoms with E-state index in [0.717, 1.165) is 29.2 Å². The molecule has 0 spiro atoms. The standard InChI is InChI=1S/C13H19N3OS/c1-7(2)5-11-15-16-12-9(4)17-8(3)6-10(12)14-13(16)18-11/h7-9H,5-6H2,1-4H3. The van der Waals surface area contributed by atoms with Crippen LogP contribution >= 0.6 is 11.3 Å². The van der Waals surface area contributed by atoms with Crippen LogP contribution in [-0.4, -0.2) is 20.7 Å². The summed E-state index contributed by atoms with van der Waals surface area (Å²) < 4.78 is 7.87. The van der Waals surface area contributed by atoms with Crippen molar-refractivity contribution < 1.29 is 4.74 Å². The highest BCUT2D eigenvalue weighted by molar-refractivity contribution is 7.16. The molecule has 0 aromatic carbocycles. The monoisotopic (exact) mass is 265 g/mol. The molecule has 2 atom stereocenters. The topological polar surface area (TPSA) is 39.4 Å². The molecule has 4 nitrogen and oxygen atoms in total. The molecule has 3 rings (SSSR count). The fraction of sp³-hybridized carbons (Fsp3) is 0.692. The molecular formula is C13H19N3OS. The molecule has 3 heterocycles. The zero-order chi connectivity index (χ0) is 12.9. The number of rotatable bonds is 2. The molecule has 98 valence electrons. The maximum atomic E-state index is 5.87. The van der Waals surface area contributed by atoms with Crippen LogP contribution in [0, 0.1) is 5.92 Å². The molecule has 2 aromatic heterocycles. The van der Waals surface area contributed by atoms with E-state index in [1.165, 1.54) is 5.01 Å². The van der Waals surface area contributed by atoms with Crippen LogP contribution in [0.15, 0.2) is 0 Å². The van der Waals surface area contributed by atoms with Gasteiger partial charge < -0.3 is 4.74 Å². The van der Waals surface area contributed by atoms with Gasteiger partial charge in [-0.3, -0.25) is 0 Å². The zero-order valence-electron chi connectivity index (χ0n) is 11.3. The summed E-state index contributed by atoms with van der Waals surface area (Å²) in [6.45, 7) is 8.62. The van der Waals surface area contributed by atoms with Crippen LogP contribution in [0.1, 0.15) is 50.2 Å². The lowest BCUT2D eigenvalue weighted by Gasteiger charge is -2.24. The summed E-state index contributed by atoms with van der Waals surface area (Å²) in [5.74, 6) is 0.630. The number of aromatic nitrogens is 3. The van der Waals surface area contributed by atoms with Crippen LogP contribution in [-0.2, 0) is 17.6 Å². The third-order valence-electron chi connectivity index (χ3n) is 3.24. The van der Waals surface area contributed by atoms with Crippen molar-refractivity contribution >= 4 is 16.3 Å². The fourth-order valence-corrected chi connectivity index (χ4v) is 3.70. The molecule has 5 heteroatoms. The first-order chi connectivity index (χ1) is 8.54. The predicted molar refractivity (Wildman–Crippen MR) is 72.1 cm³/mol. The van der Waals surface area contributed by atoms with E-state index in [-0.39, 0.29) is 12.2 Å². The Hall–Kier alpha value is -0.940. The van der Waals surface area contributed by atoms with E-state index in [1.807, 2.05) is 4.52 Å². The van der Waals surface area contributed by atoms with Crippen LogP contribution in [0.3, 0.4) is 0 Å². The smallest absolute Gasteiger partial charge is 0.212 e. The highest BCUT2D eigenvalue weighted by Gasteiger charge is 2.28. The number of fused-ring (bicyclic) bond motifs is 3. The molecule has 2 unspecified atom stereocenters. The van der Waals surface area contributed by atoms with Crippen molar-refractivity contribution in [3.63, 3.8) is 0 Å². The van der Waals surface area contributed by atoms with Gasteiger partial charge in [0.1, 0.15) is 5.01 Å². The molecule has 0 bridgehead atoms. The zero-order valence-corrected chi connectivity index (χ0v) is 12.1. The molecule has 0 radical (unpaired) electrons. The van der Waals surface area contributed by atoms with E-state index >= 15 is 0 Å². The third kappa shape index (κ3) is 1.95. The van der Waals surface area contributed by atoms with Gasteiger partial charge in [-0.1, -0.05) is 25.2 Å². The Bertz CT molecular complexity index is 572. The number of hydrogen-bond acceptors (Lipinski definition) is 4. The Morgan fingerprint density at radius 2 is 2.22 bits per heavy atom. The number of ether oxygens (including phenoxy) is 1. The van der Waals surface area contributed by atoms with Crippen molar-refractivity contribution in [1.82, 2.24) is 14.6 Å². The molecule has 1 aliphatic heterocycles. The Morgan fingerprint density at radius 1 is 1.44 bits per heavy atom. The SMILES string of the molecule is CC(C)Cc1nn2c3c(nc2s1)CC(C)OC3C. The second kappa shape index (κ2) is 4.31. The van der Waals surface area contributed by atoms with Crippen molar-refractivity contribution in [3.8, 4) is 0 Å². The van der Waals surface area contributed by atoms with Gasteiger partial charge in [-0.05, 0) is 19.8 Å². The van der Waals surface area contributed by atoms with Crippen LogP contribution < -0.4 is 0 Å². The van der Waals surface area contributed by atoms with Crippen molar-refractivity contribution in [2.45, 2.75) is 52.7 Å². The molecule has 0 saturated heterocycles. The van der Waals surface area contributed by atoms with Gasteiger partial charge in [0.2, 0.25) is 4.96 Å². The normalized spacial score (nSPS) is 23.8. The molecule has 0 N–H and O–H groups in total. The second-order valence-corrected chi connectivity index (χ2v) is 6.57. The fourth-order valence-electron chi connectivity index (χ4n) is 2.57. The summed E-state index contributed by atoms with van der Waals surface area (Å²) in [6.07, 6.45) is 2.27. The van der Waals surface area contributed by atoms with Crippen LogP contribution in [0.5, 0.6) is 0 Å². The van der Waals surface area contributed by atoms with E-state index in [1.54, 1.807) is 11.3 Å². The highest BCUT2D eigenvalue weighted by Crippen LogP contribution is 2.32. The molecule has 18 heavy (non-hydrogen) atoms. The molecule has 1 aliphatic rings. The number of imidazole rings is 1. The first-order valence-corrected chi connectivity index (χ1v) is 7.39. The van der Waals surface area contributed by atoms with Gasteiger partial charge in [0, 0.05) is 12.8 Å². The lowest BCUT2D eigenvalue weighted by atomic mass is 10.1. The van der Waals surface area contributed by atoms with Gasteiger partial charge in [0.15, 0.2) is 0 Å². The minimum Gasteiger partial charge on any atom is -0.369 e. The minimum atomic E-state index is 0.0905. The summed E-state index contributed by atoms with van der Waals surface area (Å²) in [5.41, 5.74) is 2.31. The third-order valence-corrected chi connectivity index (χ3v) is 4.17. The van der Waals surface area contributed by atoms with Crippen LogP contribution in [0.2, 0.25) is 0 Å². The van der Waals surface area contributed by atoms with E-state index in [2.05, 4.69) is 27.7 Å². The molecule has 0 saturated carbocycles. The van der Waals surface area contributed by atoms with E-state index in [0.29, 0.717) is 5.92 Å². The maximum Gasteiger partial charge on any atom is 0.212 e. The number of nitrogens with zero attached hydrogens (tertiary/aromatic N) is 3. The van der Waals surface area contributed by atoms with Gasteiger partial charge in [-0.25, -0.2) is 9.50 Å². The van der Waals surface area contributed by atoms with E-state index < -0.39 is 0 Å². The Labute approximate surface area is 111 Å². The van der Waals surface area contributed by atoms with Crippen LogP contribution in [0.25, 0.3) is 4.96 Å². The van der Waals surface area contributed by atoms with Gasteiger partial charge in [0.05, 0.1) is 23.6 Å². The summed E-state index contributed by atoms with van der Waals surface area (Å²) >= 11 is 1.71. The first kappa shape index (κ1) is 12.1. The largest absolute Gasteiger partial charge is 0.369 e. The Morgan fingerprint density at radius 3 is 2.94 bits per heavy atom. The van der Waals surface area contributed by atoms with Crippen molar-refractivity contribution in [1.29, 1.82) is 0 Å². The van der Waals surface area contributed by atoms with Crippen LogP contribution in [0.4, 0.5) is 0 Å². The molecule has 0 amide bonds. The summed E-state index contributed by atoms with van der Waals surface area (Å²) in [4.78, 5) is 5.74. The molecule has 0 fully saturated rings. The number of hydrogen-bond donors (Lipinski definition) is 0. The Kier molecular flexibility index (Phi) is 2.90. The quantitative estimate of drug-likeness (QED) is 0.838. The van der Waals surface area contributed by atoms with Gasteiger partial charge in [0.25, 0.3) is 0 Å². The van der Waals surface area contributed by atoms with E-state index in [4.69, 9.17) is 14.8 Å². The molecule has 2 aromatic rings. The van der Waals surface area contributed by atoms with Crippen molar-refractivity contribution in [3.05, 3.63) is 16.4 Å². The van der Waals surface area contributed by atoms with Gasteiger partial charge in [-0.15, -0.1) is 0 Å². The average Bonchev–Trinajstić information content (AvgIpc) is 2.71. The predicted octanol–water partition coefficient (Wildman–Crippen LogP) is 3.01. The minimum absolute atomic E-state index is 0.0905. The highest BCUT2D eigenvalue weighted by atomic mass is 32.1. The molecular weight excluding hydrogens is 246 g/mol. The van der Waals surface area contributed by atoms with Crippen molar-refractivity contribution in [2.24, 2.45) is 5.92 Å². The average molecular weight is 265 g/mol. The van der Waals surface area contributed by atoms with E-state index in [9.17, 15) is 0 Å². The second-order valence-electron chi connectivity index (χ2n) is 5.52. The summed E-state index contributed by atoms with van der Waals surface area (Å²) in [5, 5.41) is 5.86. The Balaban J connectivity index is 2.04. The van der Waals surface area contributed by atoms with Crippen molar-refractivity contribution in [2.75, 3.05) is 0 Å². The molecule has 0 aliphatic carbocycles. The first-order valence-electron chi connectivity index (χ1n) is 6.57. The summed E-state index contributed by atoms with van der Waals surface area (Å²) in [6, 6.07) is 0. The van der Waals surface area contributed by atoms with Gasteiger partial charge in [-0.2, -0.15) is 5.10 Å². The maximum absolute atomic E-state index is 5.87. The lowest BCUT2D eigenvalue weighted by Crippen LogP contribution is -2.23.